The van der Waals surface area contributed by atoms with Crippen molar-refractivity contribution in [3.63, 3.8) is 0 Å². The van der Waals surface area contributed by atoms with Crippen LogP contribution in [0.2, 0.25) is 5.02 Å². The highest BCUT2D eigenvalue weighted by Crippen LogP contribution is 2.19. The minimum absolute atomic E-state index is 0.112. The molecule has 0 aliphatic heterocycles. The molecule has 6 heteroatoms. The minimum atomic E-state index is -0.322. The van der Waals surface area contributed by atoms with Gasteiger partial charge in [0.15, 0.2) is 0 Å². The van der Waals surface area contributed by atoms with Crippen molar-refractivity contribution in [3.8, 4) is 0 Å². The van der Waals surface area contributed by atoms with E-state index in [-0.39, 0.29) is 25.0 Å². The maximum Gasteiger partial charge on any atom is 0.256 e. The van der Waals surface area contributed by atoms with E-state index in [2.05, 4.69) is 5.32 Å². The molecule has 2 N–H and O–H groups in total. The van der Waals surface area contributed by atoms with Crippen LogP contribution >= 0.6 is 11.6 Å². The zero-order chi connectivity index (χ0) is 17.5. The van der Waals surface area contributed by atoms with E-state index >= 15 is 0 Å². The molecule has 0 bridgehead atoms. The molecule has 0 saturated carbocycles. The van der Waals surface area contributed by atoms with Crippen molar-refractivity contribution in [2.75, 3.05) is 25.0 Å². The zero-order valence-corrected chi connectivity index (χ0v) is 14.1. The van der Waals surface area contributed by atoms with Crippen molar-refractivity contribution in [3.05, 3.63) is 64.7 Å². The van der Waals surface area contributed by atoms with Gasteiger partial charge in [0.1, 0.15) is 0 Å². The largest absolute Gasteiger partial charge is 0.395 e. The molecule has 0 heterocycles. The van der Waals surface area contributed by atoms with Gasteiger partial charge in [-0.25, -0.2) is 0 Å². The fourth-order valence-electron chi connectivity index (χ4n) is 2.27. The predicted octanol–water partition coefficient (Wildman–Crippen LogP) is 3.05. The summed E-state index contributed by atoms with van der Waals surface area (Å²) in [6, 6.07) is 13.3. The lowest BCUT2D eigenvalue weighted by Crippen LogP contribution is -2.34. The lowest BCUT2D eigenvalue weighted by molar-refractivity contribution is 0.0733. The first-order valence-electron chi connectivity index (χ1n) is 7.63. The van der Waals surface area contributed by atoms with Gasteiger partial charge in [0.25, 0.3) is 11.8 Å². The summed E-state index contributed by atoms with van der Waals surface area (Å²) in [7, 11) is 0. The topological polar surface area (TPSA) is 69.6 Å². The average Bonchev–Trinajstić information content (AvgIpc) is 2.60. The van der Waals surface area contributed by atoms with Gasteiger partial charge in [-0.05, 0) is 43.3 Å². The molecule has 0 fully saturated rings. The first kappa shape index (κ1) is 18.0. The highest BCUT2D eigenvalue weighted by Gasteiger charge is 2.18. The number of halogens is 1. The van der Waals surface area contributed by atoms with Crippen LogP contribution < -0.4 is 5.32 Å². The predicted molar refractivity (Wildman–Crippen MR) is 94.5 cm³/mol. The lowest BCUT2D eigenvalue weighted by Gasteiger charge is -2.21. The number of hydrogen-bond donors (Lipinski definition) is 2. The minimum Gasteiger partial charge on any atom is -0.395 e. The molecule has 0 aromatic heterocycles. The van der Waals surface area contributed by atoms with Crippen molar-refractivity contribution in [1.29, 1.82) is 0 Å². The molecule has 24 heavy (non-hydrogen) atoms. The Bertz CT molecular complexity index is 716. The molecule has 5 nitrogen and oxygen atoms in total. The Kier molecular flexibility index (Phi) is 6.35. The molecule has 126 valence electrons. The van der Waals surface area contributed by atoms with Crippen molar-refractivity contribution in [1.82, 2.24) is 4.90 Å². The molecule has 2 rings (SSSR count). The van der Waals surface area contributed by atoms with Crippen molar-refractivity contribution in [2.24, 2.45) is 0 Å². The Morgan fingerprint density at radius 1 is 1.12 bits per heavy atom. The van der Waals surface area contributed by atoms with Gasteiger partial charge in [-0.1, -0.05) is 23.7 Å². The van der Waals surface area contributed by atoms with E-state index in [0.717, 1.165) is 0 Å². The van der Waals surface area contributed by atoms with E-state index < -0.39 is 0 Å². The van der Waals surface area contributed by atoms with Gasteiger partial charge in [-0.3, -0.25) is 9.59 Å². The van der Waals surface area contributed by atoms with E-state index in [0.29, 0.717) is 28.4 Å². The third-order valence-corrected chi connectivity index (χ3v) is 3.80. The van der Waals surface area contributed by atoms with E-state index in [9.17, 15) is 9.59 Å². The molecule has 0 saturated heterocycles. The fraction of sp³-hybridized carbons (Fsp3) is 0.222. The quantitative estimate of drug-likeness (QED) is 0.844. The summed E-state index contributed by atoms with van der Waals surface area (Å²) in [5, 5.41) is 12.4. The number of anilines is 1. The second-order valence-electron chi connectivity index (χ2n) is 5.12. The van der Waals surface area contributed by atoms with Crippen LogP contribution in [0.4, 0.5) is 5.69 Å². The number of amides is 2. The molecule has 0 atom stereocenters. The summed E-state index contributed by atoms with van der Waals surface area (Å²) in [4.78, 5) is 26.5. The van der Waals surface area contributed by atoms with Crippen LogP contribution in [-0.4, -0.2) is 41.5 Å². The van der Waals surface area contributed by atoms with Crippen LogP contribution in [0.25, 0.3) is 0 Å². The summed E-state index contributed by atoms with van der Waals surface area (Å²) >= 11 is 5.82. The second kappa shape index (κ2) is 8.47. The molecular formula is C18H19ClN2O3. The molecule has 0 radical (unpaired) electrons. The number of para-hydroxylation sites is 1. The maximum atomic E-state index is 12.6. The molecule has 2 amide bonds. The lowest BCUT2D eigenvalue weighted by atomic mass is 10.1. The highest BCUT2D eigenvalue weighted by atomic mass is 35.5. The van der Waals surface area contributed by atoms with E-state index in [4.69, 9.17) is 16.7 Å². The Morgan fingerprint density at radius 2 is 1.79 bits per heavy atom. The van der Waals surface area contributed by atoms with Gasteiger partial charge in [-0.2, -0.15) is 0 Å². The number of rotatable bonds is 6. The molecule has 0 unspecified atom stereocenters. The van der Waals surface area contributed by atoms with Crippen molar-refractivity contribution >= 4 is 29.1 Å². The van der Waals surface area contributed by atoms with Crippen LogP contribution in [0.5, 0.6) is 0 Å². The highest BCUT2D eigenvalue weighted by molar-refractivity contribution is 6.30. The van der Waals surface area contributed by atoms with Gasteiger partial charge in [-0.15, -0.1) is 0 Å². The number of carbonyl (C=O) groups excluding carboxylic acids is 2. The summed E-state index contributed by atoms with van der Waals surface area (Å²) in [5.41, 5.74) is 1.26. The van der Waals surface area contributed by atoms with E-state index in [1.54, 1.807) is 48.5 Å². The standard InChI is InChI=1S/C18H19ClN2O3/c1-2-21(11-12-22)18(24)15-5-3-4-6-16(15)20-17(23)13-7-9-14(19)10-8-13/h3-10,22H,2,11-12H2,1H3,(H,20,23). The number of carbonyl (C=O) groups is 2. The van der Waals surface area contributed by atoms with Gasteiger partial charge in [0, 0.05) is 23.7 Å². The van der Waals surface area contributed by atoms with Crippen molar-refractivity contribution < 1.29 is 14.7 Å². The first-order valence-corrected chi connectivity index (χ1v) is 8.00. The first-order chi connectivity index (χ1) is 11.6. The molecule has 2 aromatic carbocycles. The van der Waals surface area contributed by atoms with Crippen LogP contribution in [0.3, 0.4) is 0 Å². The SMILES string of the molecule is CCN(CCO)C(=O)c1ccccc1NC(=O)c1ccc(Cl)cc1. The zero-order valence-electron chi connectivity index (χ0n) is 13.3. The number of aliphatic hydroxyl groups excluding tert-OH is 1. The van der Waals surface area contributed by atoms with Gasteiger partial charge < -0.3 is 15.3 Å². The smallest absolute Gasteiger partial charge is 0.256 e. The number of nitrogens with zero attached hydrogens (tertiary/aromatic N) is 1. The van der Waals surface area contributed by atoms with Crippen LogP contribution in [-0.2, 0) is 0 Å². The third-order valence-electron chi connectivity index (χ3n) is 3.55. The Balaban J connectivity index is 2.23. The van der Waals surface area contributed by atoms with Crippen molar-refractivity contribution in [2.45, 2.75) is 6.92 Å². The average molecular weight is 347 g/mol. The van der Waals surface area contributed by atoms with Gasteiger partial charge in [0.2, 0.25) is 0 Å². The molecule has 2 aromatic rings. The number of likely N-dealkylation sites (N-methyl/N-ethyl adjacent to an activating group) is 1. The van der Waals surface area contributed by atoms with Crippen LogP contribution in [0.1, 0.15) is 27.6 Å². The summed E-state index contributed by atoms with van der Waals surface area (Å²) in [6.07, 6.45) is 0. The summed E-state index contributed by atoms with van der Waals surface area (Å²) < 4.78 is 0. The molecule has 0 spiro atoms. The van der Waals surface area contributed by atoms with E-state index in [1.807, 2.05) is 6.92 Å². The third kappa shape index (κ3) is 4.34. The second-order valence-corrected chi connectivity index (χ2v) is 5.55. The maximum absolute atomic E-state index is 12.6. The molecule has 0 aliphatic carbocycles. The number of hydrogen-bond acceptors (Lipinski definition) is 3. The Hall–Kier alpha value is -2.37. The Labute approximate surface area is 145 Å². The van der Waals surface area contributed by atoms with Gasteiger partial charge in [0.05, 0.1) is 17.9 Å². The number of nitrogens with one attached hydrogen (secondary N) is 1. The molecule has 0 aliphatic rings. The van der Waals surface area contributed by atoms with E-state index in [1.165, 1.54) is 4.90 Å². The fourth-order valence-corrected chi connectivity index (χ4v) is 2.39. The van der Waals surface area contributed by atoms with Crippen LogP contribution in [0, 0.1) is 0 Å². The van der Waals surface area contributed by atoms with Gasteiger partial charge >= 0.3 is 0 Å². The molecular weight excluding hydrogens is 328 g/mol. The number of benzene rings is 2. The van der Waals surface area contributed by atoms with Crippen LogP contribution in [0.15, 0.2) is 48.5 Å². The number of aliphatic hydroxyl groups is 1. The normalized spacial score (nSPS) is 10.3. The Morgan fingerprint density at radius 3 is 2.42 bits per heavy atom. The summed E-state index contributed by atoms with van der Waals surface area (Å²) in [5.74, 6) is -0.560. The summed E-state index contributed by atoms with van der Waals surface area (Å²) in [6.45, 7) is 2.44. The monoisotopic (exact) mass is 346 g/mol.